The van der Waals surface area contributed by atoms with Gasteiger partial charge in [0.1, 0.15) is 0 Å². The average Bonchev–Trinajstić information content (AvgIpc) is 2.08. The lowest BCUT2D eigenvalue weighted by Crippen LogP contribution is -2.02. The normalized spacial score (nSPS) is 11.3. The summed E-state index contributed by atoms with van der Waals surface area (Å²) >= 11 is 0. The van der Waals surface area contributed by atoms with Gasteiger partial charge in [-0.25, -0.2) is 17.6 Å². The maximum absolute atomic E-state index is 12.3. The van der Waals surface area contributed by atoms with Crippen LogP contribution in [0.2, 0.25) is 0 Å². The Bertz CT molecular complexity index is 338. The third-order valence-corrected chi connectivity index (χ3v) is 1.75. The van der Waals surface area contributed by atoms with E-state index in [1.807, 2.05) is 0 Å². The van der Waals surface area contributed by atoms with E-state index in [2.05, 4.69) is 0 Å². The van der Waals surface area contributed by atoms with Gasteiger partial charge in [-0.05, 0) is 12.1 Å². The average molecular weight is 208 g/mol. The van der Waals surface area contributed by atoms with Gasteiger partial charge in [-0.1, -0.05) is 0 Å². The monoisotopic (exact) mass is 208 g/mol. The molecule has 1 rings (SSSR count). The predicted octanol–water partition coefficient (Wildman–Crippen LogP) is 2.73. The van der Waals surface area contributed by atoms with Gasteiger partial charge in [0.05, 0.1) is 11.4 Å². The molecule has 0 aliphatic heterocycles. The van der Waals surface area contributed by atoms with E-state index in [-0.39, 0.29) is 11.4 Å². The number of halogens is 4. The quantitative estimate of drug-likeness (QED) is 0.580. The van der Waals surface area contributed by atoms with Crippen LogP contribution in [0.25, 0.3) is 0 Å². The second-order valence-corrected chi connectivity index (χ2v) is 2.71. The number of nitrogen functional groups attached to an aromatic ring is 2. The van der Waals surface area contributed by atoms with Crippen molar-refractivity contribution in [3.8, 4) is 0 Å². The minimum Gasteiger partial charge on any atom is -0.397 e. The van der Waals surface area contributed by atoms with Gasteiger partial charge < -0.3 is 11.5 Å². The highest BCUT2D eigenvalue weighted by molar-refractivity contribution is 5.69. The topological polar surface area (TPSA) is 52.0 Å². The molecule has 14 heavy (non-hydrogen) atoms. The first kappa shape index (κ1) is 10.6. The Hall–Kier alpha value is -1.46. The summed E-state index contributed by atoms with van der Waals surface area (Å²) in [5.41, 5.74) is 8.61. The van der Waals surface area contributed by atoms with Gasteiger partial charge in [-0.3, -0.25) is 0 Å². The molecule has 0 fully saturated rings. The van der Waals surface area contributed by atoms with Crippen LogP contribution in [0.15, 0.2) is 12.1 Å². The Morgan fingerprint density at radius 2 is 1.50 bits per heavy atom. The molecule has 0 heterocycles. The van der Waals surface area contributed by atoms with E-state index in [1.54, 1.807) is 0 Å². The van der Waals surface area contributed by atoms with E-state index in [0.717, 1.165) is 6.07 Å². The maximum atomic E-state index is 12.3. The maximum Gasteiger partial charge on any atom is 0.265 e. The first-order valence-corrected chi connectivity index (χ1v) is 3.68. The van der Waals surface area contributed by atoms with Crippen molar-refractivity contribution in [3.63, 3.8) is 0 Å². The molecule has 0 saturated heterocycles. The van der Waals surface area contributed by atoms with E-state index in [4.69, 9.17) is 11.5 Å². The Morgan fingerprint density at radius 1 is 0.929 bits per heavy atom. The zero-order chi connectivity index (χ0) is 10.9. The largest absolute Gasteiger partial charge is 0.397 e. The highest BCUT2D eigenvalue weighted by atomic mass is 19.3. The van der Waals surface area contributed by atoms with Gasteiger partial charge in [0, 0.05) is 11.1 Å². The molecule has 0 atom stereocenters. The van der Waals surface area contributed by atoms with Crippen LogP contribution in [-0.4, -0.2) is 0 Å². The third kappa shape index (κ3) is 1.89. The lowest BCUT2D eigenvalue weighted by Gasteiger charge is -2.10. The molecule has 0 saturated carbocycles. The zero-order valence-electron chi connectivity index (χ0n) is 6.98. The van der Waals surface area contributed by atoms with Gasteiger partial charge in [-0.2, -0.15) is 0 Å². The number of anilines is 2. The Labute approximate surface area is 77.5 Å². The van der Waals surface area contributed by atoms with Crippen LogP contribution >= 0.6 is 0 Å². The molecule has 0 spiro atoms. The number of alkyl halides is 4. The van der Waals surface area contributed by atoms with Crippen molar-refractivity contribution >= 4 is 11.4 Å². The lowest BCUT2D eigenvalue weighted by atomic mass is 10.1. The minimum atomic E-state index is -2.91. The molecule has 0 bridgehead atoms. The summed E-state index contributed by atoms with van der Waals surface area (Å²) in [5, 5.41) is 0. The molecule has 1 aromatic carbocycles. The molecular formula is C8H8F4N2. The highest BCUT2D eigenvalue weighted by Crippen LogP contribution is 2.33. The summed E-state index contributed by atoms with van der Waals surface area (Å²) in [7, 11) is 0. The molecule has 0 radical (unpaired) electrons. The number of benzene rings is 1. The van der Waals surface area contributed by atoms with Gasteiger partial charge in [0.2, 0.25) is 0 Å². The number of rotatable bonds is 2. The fraction of sp³-hybridized carbons (Fsp3) is 0.250. The van der Waals surface area contributed by atoms with Crippen molar-refractivity contribution in [2.45, 2.75) is 12.9 Å². The molecule has 0 aromatic heterocycles. The van der Waals surface area contributed by atoms with Gasteiger partial charge in [-0.15, -0.1) is 0 Å². The van der Waals surface area contributed by atoms with Crippen molar-refractivity contribution < 1.29 is 17.6 Å². The van der Waals surface area contributed by atoms with E-state index < -0.39 is 24.0 Å². The SMILES string of the molecule is Nc1cc(C(F)F)cc(C(F)F)c1N. The minimum absolute atomic E-state index is 0.252. The van der Waals surface area contributed by atoms with E-state index in [1.165, 1.54) is 0 Å². The molecule has 6 heteroatoms. The zero-order valence-corrected chi connectivity index (χ0v) is 6.98. The van der Waals surface area contributed by atoms with Crippen LogP contribution in [0.1, 0.15) is 24.0 Å². The molecule has 0 aliphatic carbocycles. The smallest absolute Gasteiger partial charge is 0.265 e. The standard InChI is InChI=1S/C8H8F4N2/c9-7(10)3-1-4(8(11)12)6(14)5(13)2-3/h1-2,7-8H,13-14H2. The number of hydrogen-bond acceptors (Lipinski definition) is 2. The molecule has 4 N–H and O–H groups in total. The third-order valence-electron chi connectivity index (χ3n) is 1.75. The molecule has 0 unspecified atom stereocenters. The van der Waals surface area contributed by atoms with Crippen molar-refractivity contribution in [2.24, 2.45) is 0 Å². The molecule has 1 aromatic rings. The highest BCUT2D eigenvalue weighted by Gasteiger charge is 2.18. The van der Waals surface area contributed by atoms with Gasteiger partial charge in [0.15, 0.2) is 0 Å². The van der Waals surface area contributed by atoms with Gasteiger partial charge >= 0.3 is 0 Å². The number of nitrogens with two attached hydrogens (primary N) is 2. The molecule has 0 aliphatic rings. The second kappa shape index (κ2) is 3.73. The van der Waals surface area contributed by atoms with Crippen molar-refractivity contribution in [1.82, 2.24) is 0 Å². The summed E-state index contributed by atoms with van der Waals surface area (Å²) in [6.45, 7) is 0. The van der Waals surface area contributed by atoms with Crippen LogP contribution in [0.4, 0.5) is 28.9 Å². The second-order valence-electron chi connectivity index (χ2n) is 2.71. The molecule has 78 valence electrons. The molecule has 0 amide bonds. The van der Waals surface area contributed by atoms with Crippen molar-refractivity contribution in [1.29, 1.82) is 0 Å². The Morgan fingerprint density at radius 3 is 1.93 bits per heavy atom. The lowest BCUT2D eigenvalue weighted by molar-refractivity contribution is 0.144. The van der Waals surface area contributed by atoms with Crippen LogP contribution in [0.3, 0.4) is 0 Å². The summed E-state index contributed by atoms with van der Waals surface area (Å²) in [5.74, 6) is 0. The summed E-state index contributed by atoms with van der Waals surface area (Å²) in [6, 6.07) is 1.56. The fourth-order valence-corrected chi connectivity index (χ4v) is 1.03. The summed E-state index contributed by atoms with van der Waals surface area (Å²) in [4.78, 5) is 0. The van der Waals surface area contributed by atoms with E-state index in [0.29, 0.717) is 6.07 Å². The first-order valence-electron chi connectivity index (χ1n) is 3.68. The Kier molecular flexibility index (Phi) is 2.83. The van der Waals surface area contributed by atoms with E-state index >= 15 is 0 Å². The Balaban J connectivity index is 3.28. The summed E-state index contributed by atoms with van der Waals surface area (Å²) < 4.78 is 48.9. The first-order chi connectivity index (χ1) is 6.43. The van der Waals surface area contributed by atoms with Crippen LogP contribution < -0.4 is 11.5 Å². The van der Waals surface area contributed by atoms with E-state index in [9.17, 15) is 17.6 Å². The molecular weight excluding hydrogens is 200 g/mol. The van der Waals surface area contributed by atoms with Crippen molar-refractivity contribution in [2.75, 3.05) is 11.5 Å². The van der Waals surface area contributed by atoms with Crippen molar-refractivity contribution in [3.05, 3.63) is 23.3 Å². The molecule has 2 nitrogen and oxygen atoms in total. The fourth-order valence-electron chi connectivity index (χ4n) is 1.03. The van der Waals surface area contributed by atoms with Gasteiger partial charge in [0.25, 0.3) is 12.9 Å². The van der Waals surface area contributed by atoms with Crippen LogP contribution in [-0.2, 0) is 0 Å². The van der Waals surface area contributed by atoms with Crippen LogP contribution in [0.5, 0.6) is 0 Å². The number of hydrogen-bond donors (Lipinski definition) is 2. The summed E-state index contributed by atoms with van der Waals surface area (Å²) in [6.07, 6.45) is -5.74. The van der Waals surface area contributed by atoms with Crippen LogP contribution in [0, 0.1) is 0 Å². The predicted molar refractivity (Wildman–Crippen MR) is 45.2 cm³/mol.